The molecule has 7 heteroatoms. The molecule has 0 aliphatic rings. The second-order valence-electron chi connectivity index (χ2n) is 7.09. The summed E-state index contributed by atoms with van der Waals surface area (Å²) in [7, 11) is 0. The number of carboxylic acids is 1. The van der Waals surface area contributed by atoms with Crippen molar-refractivity contribution in [2.75, 3.05) is 52.5 Å². The number of carbonyl (C=O) groups is 1. The Bertz CT molecular complexity index is 292. The highest BCUT2D eigenvalue weighted by Crippen LogP contribution is 2.10. The van der Waals surface area contributed by atoms with Crippen LogP contribution in [0.1, 0.15) is 77.6 Å². The van der Waals surface area contributed by atoms with Gasteiger partial charge in [-0.05, 0) is 13.0 Å². The van der Waals surface area contributed by atoms with Gasteiger partial charge in [-0.15, -0.1) is 0 Å². The molecule has 0 aromatic rings. The predicted octanol–water partition coefficient (Wildman–Crippen LogP) is 2.24. The molecule has 0 saturated heterocycles. The van der Waals surface area contributed by atoms with Gasteiger partial charge in [-0.2, -0.15) is 0 Å². The molecule has 7 nitrogen and oxygen atoms in total. The lowest BCUT2D eigenvalue weighted by atomic mass is 10.1. The van der Waals surface area contributed by atoms with Crippen molar-refractivity contribution in [3.8, 4) is 0 Å². The Kier molecular flexibility index (Phi) is 27.7. The van der Waals surface area contributed by atoms with E-state index in [1.807, 2.05) is 0 Å². The number of aliphatic hydroxyl groups is 3. The zero-order valence-electron chi connectivity index (χ0n) is 18.1. The fourth-order valence-corrected chi connectivity index (χ4v) is 2.82. The van der Waals surface area contributed by atoms with Crippen molar-refractivity contribution in [3.05, 3.63) is 0 Å². The normalized spacial score (nSPS) is 10.8. The summed E-state index contributed by atoms with van der Waals surface area (Å²) in [6.07, 6.45) is 13.7. The first-order valence-electron chi connectivity index (χ1n) is 11.1. The van der Waals surface area contributed by atoms with Crippen LogP contribution >= 0.6 is 0 Å². The molecule has 0 aromatic heterocycles. The maximum Gasteiger partial charge on any atom is 0.304 e. The van der Waals surface area contributed by atoms with E-state index in [4.69, 9.17) is 20.4 Å². The van der Waals surface area contributed by atoms with E-state index in [-0.39, 0.29) is 26.2 Å². The van der Waals surface area contributed by atoms with Gasteiger partial charge >= 0.3 is 5.97 Å². The molecule has 5 N–H and O–H groups in total. The number of aliphatic hydroxyl groups excluding tert-OH is 3. The van der Waals surface area contributed by atoms with Crippen molar-refractivity contribution in [2.24, 2.45) is 0 Å². The van der Waals surface area contributed by atoms with Gasteiger partial charge in [0.25, 0.3) is 0 Å². The predicted molar refractivity (Wildman–Crippen MR) is 115 cm³/mol. The van der Waals surface area contributed by atoms with E-state index in [2.05, 4.69) is 12.2 Å². The first-order valence-corrected chi connectivity index (χ1v) is 11.1. The van der Waals surface area contributed by atoms with Crippen LogP contribution in [0.2, 0.25) is 0 Å². The highest BCUT2D eigenvalue weighted by molar-refractivity contribution is 5.66. The van der Waals surface area contributed by atoms with Gasteiger partial charge in [0.2, 0.25) is 0 Å². The number of carboxylic acid groups (broad SMARTS) is 1. The van der Waals surface area contributed by atoms with Crippen LogP contribution in [0.3, 0.4) is 0 Å². The lowest BCUT2D eigenvalue weighted by Crippen LogP contribution is -2.32. The smallest absolute Gasteiger partial charge is 0.304 e. The number of rotatable bonds is 20. The van der Waals surface area contributed by atoms with Gasteiger partial charge in [-0.3, -0.25) is 9.69 Å². The first kappa shape index (κ1) is 29.5. The van der Waals surface area contributed by atoms with Gasteiger partial charge in [-0.25, -0.2) is 0 Å². The average Bonchev–Trinajstić information content (AvgIpc) is 2.66. The van der Waals surface area contributed by atoms with Gasteiger partial charge in [0, 0.05) is 26.2 Å². The maximum absolute atomic E-state index is 10.3. The summed E-state index contributed by atoms with van der Waals surface area (Å²) in [4.78, 5) is 12.1. The second kappa shape index (κ2) is 26.3. The molecule has 170 valence electrons. The molecule has 0 bridgehead atoms. The Balaban J connectivity index is 0. The molecule has 0 amide bonds. The molecule has 0 fully saturated rings. The van der Waals surface area contributed by atoms with Crippen LogP contribution < -0.4 is 5.32 Å². The largest absolute Gasteiger partial charge is 0.481 e. The molecule has 0 unspecified atom stereocenters. The van der Waals surface area contributed by atoms with Gasteiger partial charge < -0.3 is 25.7 Å². The summed E-state index contributed by atoms with van der Waals surface area (Å²) in [5, 5.41) is 37.1. The Morgan fingerprint density at radius 1 is 0.714 bits per heavy atom. The zero-order valence-corrected chi connectivity index (χ0v) is 18.1. The van der Waals surface area contributed by atoms with Gasteiger partial charge in [-0.1, -0.05) is 64.7 Å². The van der Waals surface area contributed by atoms with E-state index < -0.39 is 5.97 Å². The maximum atomic E-state index is 10.3. The van der Waals surface area contributed by atoms with E-state index >= 15 is 0 Å². The Morgan fingerprint density at radius 2 is 1.14 bits per heavy atom. The summed E-state index contributed by atoms with van der Waals surface area (Å²) < 4.78 is 0. The lowest BCUT2D eigenvalue weighted by Gasteiger charge is -2.17. The van der Waals surface area contributed by atoms with Crippen LogP contribution in [0.4, 0.5) is 0 Å². The molecular weight excluding hydrogens is 360 g/mol. The summed E-state index contributed by atoms with van der Waals surface area (Å²) in [5.74, 6) is -0.717. The molecule has 0 rings (SSSR count). The van der Waals surface area contributed by atoms with Crippen LogP contribution in [-0.4, -0.2) is 83.8 Å². The number of hydrogen-bond acceptors (Lipinski definition) is 6. The zero-order chi connectivity index (χ0) is 21.3. The molecule has 28 heavy (non-hydrogen) atoms. The molecular formula is C21H46N2O5. The van der Waals surface area contributed by atoms with E-state index in [1.54, 1.807) is 4.90 Å². The third-order valence-corrected chi connectivity index (χ3v) is 4.47. The van der Waals surface area contributed by atoms with Crippen molar-refractivity contribution in [1.82, 2.24) is 10.2 Å². The second-order valence-corrected chi connectivity index (χ2v) is 7.09. The molecule has 0 radical (unpaired) electrons. The fourth-order valence-electron chi connectivity index (χ4n) is 2.82. The molecule has 0 aromatic carbocycles. The van der Waals surface area contributed by atoms with Crippen molar-refractivity contribution in [2.45, 2.75) is 77.6 Å². The third kappa shape index (κ3) is 27.5. The fraction of sp³-hybridized carbons (Fsp3) is 0.952. The number of unbranched alkanes of at least 4 members (excludes halogenated alkanes) is 9. The van der Waals surface area contributed by atoms with Crippen molar-refractivity contribution < 1.29 is 25.2 Å². The summed E-state index contributed by atoms with van der Waals surface area (Å²) in [5.41, 5.74) is 0. The average molecular weight is 407 g/mol. The molecule has 0 spiro atoms. The third-order valence-electron chi connectivity index (χ3n) is 4.47. The minimum atomic E-state index is -0.717. The van der Waals surface area contributed by atoms with E-state index in [0.29, 0.717) is 26.2 Å². The van der Waals surface area contributed by atoms with Gasteiger partial charge in [0.15, 0.2) is 0 Å². The quantitative estimate of drug-likeness (QED) is 0.197. The van der Waals surface area contributed by atoms with Crippen LogP contribution in [0.5, 0.6) is 0 Å². The summed E-state index contributed by atoms with van der Waals surface area (Å²) in [6.45, 7) is 5.57. The van der Waals surface area contributed by atoms with Gasteiger partial charge in [0.05, 0.1) is 26.2 Å². The van der Waals surface area contributed by atoms with Crippen LogP contribution in [-0.2, 0) is 4.79 Å². The Morgan fingerprint density at radius 3 is 1.54 bits per heavy atom. The highest BCUT2D eigenvalue weighted by atomic mass is 16.4. The standard InChI is InChI=1S/C15H31NO2.C6H15NO3/c1-2-3-4-5-6-7-8-9-10-11-13-16-14-12-15(17)18;8-4-1-7(2-5-9)3-6-10/h16H,2-14H2,1H3,(H,17,18);8-10H,1-6H2. The van der Waals surface area contributed by atoms with Crippen molar-refractivity contribution in [3.63, 3.8) is 0 Å². The monoisotopic (exact) mass is 406 g/mol. The molecule has 0 atom stereocenters. The van der Waals surface area contributed by atoms with E-state index in [0.717, 1.165) is 6.54 Å². The SMILES string of the molecule is CCCCCCCCCCCCNCCC(=O)O.OCCN(CCO)CCO. The molecule has 0 saturated carbocycles. The number of aliphatic carboxylic acids is 1. The van der Waals surface area contributed by atoms with Crippen LogP contribution in [0.15, 0.2) is 0 Å². The van der Waals surface area contributed by atoms with Crippen molar-refractivity contribution in [1.29, 1.82) is 0 Å². The van der Waals surface area contributed by atoms with E-state index in [9.17, 15) is 4.79 Å². The molecule has 0 heterocycles. The van der Waals surface area contributed by atoms with Crippen molar-refractivity contribution >= 4 is 5.97 Å². The van der Waals surface area contributed by atoms with Crippen LogP contribution in [0, 0.1) is 0 Å². The number of nitrogens with one attached hydrogen (secondary N) is 1. The number of hydrogen-bond donors (Lipinski definition) is 5. The van der Waals surface area contributed by atoms with Crippen LogP contribution in [0.25, 0.3) is 0 Å². The minimum Gasteiger partial charge on any atom is -0.481 e. The first-order chi connectivity index (χ1) is 13.6. The lowest BCUT2D eigenvalue weighted by molar-refractivity contribution is -0.136. The Hall–Kier alpha value is -0.730. The molecule has 0 aliphatic heterocycles. The van der Waals surface area contributed by atoms with Gasteiger partial charge in [0.1, 0.15) is 0 Å². The highest BCUT2D eigenvalue weighted by Gasteiger charge is 2.00. The summed E-state index contributed by atoms with van der Waals surface area (Å²) >= 11 is 0. The van der Waals surface area contributed by atoms with E-state index in [1.165, 1.54) is 64.2 Å². The molecule has 0 aliphatic carbocycles. The minimum absolute atomic E-state index is 0.0694. The Labute approximate surface area is 172 Å². The summed E-state index contributed by atoms with van der Waals surface area (Å²) in [6, 6.07) is 0. The topological polar surface area (TPSA) is 113 Å². The number of nitrogens with zero attached hydrogens (tertiary/aromatic N) is 1.